The maximum atomic E-state index is 10.8. The van der Waals surface area contributed by atoms with Crippen LogP contribution in [-0.4, -0.2) is 22.7 Å². The van der Waals surface area contributed by atoms with Crippen LogP contribution in [0.4, 0.5) is 11.4 Å². The molecule has 0 saturated carbocycles. The summed E-state index contributed by atoms with van der Waals surface area (Å²) in [7, 11) is 0. The molecule has 0 aliphatic heterocycles. The molecule has 0 radical (unpaired) electrons. The average molecular weight is 249 g/mol. The molecule has 1 atom stereocenters. The summed E-state index contributed by atoms with van der Waals surface area (Å²) >= 11 is 0. The first kappa shape index (κ1) is 13.9. The first-order valence-electron chi connectivity index (χ1n) is 5.69. The molecular weight excluding hydrogens is 234 g/mol. The molecule has 0 amide bonds. The summed E-state index contributed by atoms with van der Waals surface area (Å²) in [4.78, 5) is 10.3. The van der Waals surface area contributed by atoms with Gasteiger partial charge in [-0.15, -0.1) is 0 Å². The third-order valence-electron chi connectivity index (χ3n) is 2.59. The van der Waals surface area contributed by atoms with Crippen LogP contribution in [0.1, 0.15) is 25.3 Å². The maximum absolute atomic E-state index is 10.8. The molecule has 1 aromatic rings. The second-order valence-electron chi connectivity index (χ2n) is 3.88. The zero-order chi connectivity index (χ0) is 13.5. The van der Waals surface area contributed by atoms with E-state index in [2.05, 4.69) is 5.32 Å². The normalized spacial score (nSPS) is 11.6. The van der Waals surface area contributed by atoms with Crippen LogP contribution in [0.3, 0.4) is 0 Å². The fourth-order valence-electron chi connectivity index (χ4n) is 1.48. The van der Waals surface area contributed by atoms with Crippen molar-refractivity contribution in [3.63, 3.8) is 0 Å². The monoisotopic (exact) mass is 249 g/mol. The van der Waals surface area contributed by atoms with E-state index in [1.54, 1.807) is 0 Å². The zero-order valence-electron chi connectivity index (χ0n) is 10.1. The number of hydrogen-bond donors (Lipinski definition) is 2. The number of nitrogens with zero attached hydrogens (tertiary/aromatic N) is 2. The van der Waals surface area contributed by atoms with Crippen LogP contribution in [0.25, 0.3) is 0 Å². The van der Waals surface area contributed by atoms with Crippen molar-refractivity contribution in [2.45, 2.75) is 25.9 Å². The molecule has 1 unspecified atom stereocenters. The van der Waals surface area contributed by atoms with Gasteiger partial charge in [0, 0.05) is 12.6 Å². The molecule has 0 aliphatic carbocycles. The van der Waals surface area contributed by atoms with E-state index in [-0.39, 0.29) is 5.69 Å². The summed E-state index contributed by atoms with van der Waals surface area (Å²) in [6.45, 7) is 2.29. The van der Waals surface area contributed by atoms with Crippen LogP contribution in [0.5, 0.6) is 0 Å². The number of anilines is 1. The number of nitro groups is 1. The minimum atomic E-state index is -0.500. The molecule has 0 spiro atoms. The van der Waals surface area contributed by atoms with Crippen LogP contribution in [-0.2, 0) is 0 Å². The van der Waals surface area contributed by atoms with Crippen LogP contribution in [0, 0.1) is 21.4 Å². The van der Waals surface area contributed by atoms with E-state index < -0.39 is 11.0 Å². The molecule has 18 heavy (non-hydrogen) atoms. The van der Waals surface area contributed by atoms with Gasteiger partial charge in [0.25, 0.3) is 5.69 Å². The molecule has 1 aromatic carbocycles. The lowest BCUT2D eigenvalue weighted by Gasteiger charge is -2.10. The SMILES string of the molecule is CCC(O)CCNc1cc(C#N)ccc1[N+](=O)[O-]. The summed E-state index contributed by atoms with van der Waals surface area (Å²) in [5.41, 5.74) is 0.599. The van der Waals surface area contributed by atoms with Gasteiger partial charge < -0.3 is 10.4 Å². The van der Waals surface area contributed by atoms with E-state index in [9.17, 15) is 15.2 Å². The summed E-state index contributed by atoms with van der Waals surface area (Å²) in [5, 5.41) is 31.8. The average Bonchev–Trinajstić information content (AvgIpc) is 2.37. The zero-order valence-corrected chi connectivity index (χ0v) is 10.1. The molecule has 1 rings (SSSR count). The molecule has 96 valence electrons. The van der Waals surface area contributed by atoms with Crippen LogP contribution in [0.15, 0.2) is 18.2 Å². The van der Waals surface area contributed by atoms with Crippen molar-refractivity contribution < 1.29 is 10.0 Å². The second-order valence-corrected chi connectivity index (χ2v) is 3.88. The van der Waals surface area contributed by atoms with E-state index in [4.69, 9.17) is 5.26 Å². The minimum absolute atomic E-state index is 0.0695. The highest BCUT2D eigenvalue weighted by Gasteiger charge is 2.14. The van der Waals surface area contributed by atoms with Gasteiger partial charge in [-0.2, -0.15) is 5.26 Å². The van der Waals surface area contributed by atoms with Gasteiger partial charge in [-0.3, -0.25) is 10.1 Å². The van der Waals surface area contributed by atoms with Gasteiger partial charge in [0.05, 0.1) is 22.7 Å². The van der Waals surface area contributed by atoms with Crippen molar-refractivity contribution >= 4 is 11.4 Å². The first-order chi connectivity index (χ1) is 8.58. The molecular formula is C12H15N3O3. The predicted octanol–water partition coefficient (Wildman–Crippen LogP) is 2.04. The fraction of sp³-hybridized carbons (Fsp3) is 0.417. The molecule has 6 heteroatoms. The Bertz CT molecular complexity index is 468. The molecule has 2 N–H and O–H groups in total. The first-order valence-corrected chi connectivity index (χ1v) is 5.69. The van der Waals surface area contributed by atoms with Crippen molar-refractivity contribution in [3.05, 3.63) is 33.9 Å². The Hall–Kier alpha value is -2.13. The van der Waals surface area contributed by atoms with Gasteiger partial charge in [0.15, 0.2) is 0 Å². The minimum Gasteiger partial charge on any atom is -0.393 e. The highest BCUT2D eigenvalue weighted by Crippen LogP contribution is 2.25. The number of rotatable bonds is 6. The van der Waals surface area contributed by atoms with Crippen molar-refractivity contribution in [2.75, 3.05) is 11.9 Å². The summed E-state index contributed by atoms with van der Waals surface area (Å²) < 4.78 is 0. The van der Waals surface area contributed by atoms with E-state index >= 15 is 0 Å². The lowest BCUT2D eigenvalue weighted by atomic mass is 10.1. The van der Waals surface area contributed by atoms with E-state index in [0.29, 0.717) is 30.6 Å². The van der Waals surface area contributed by atoms with E-state index in [0.717, 1.165) is 0 Å². The van der Waals surface area contributed by atoms with Gasteiger partial charge in [0.1, 0.15) is 5.69 Å². The Balaban J connectivity index is 2.79. The van der Waals surface area contributed by atoms with Gasteiger partial charge in [-0.1, -0.05) is 6.92 Å². The van der Waals surface area contributed by atoms with Crippen molar-refractivity contribution in [2.24, 2.45) is 0 Å². The lowest BCUT2D eigenvalue weighted by Crippen LogP contribution is -2.13. The number of nitriles is 1. The van der Waals surface area contributed by atoms with Crippen molar-refractivity contribution in [1.82, 2.24) is 0 Å². The Morgan fingerprint density at radius 1 is 1.61 bits per heavy atom. The lowest BCUT2D eigenvalue weighted by molar-refractivity contribution is -0.384. The standard InChI is InChI=1S/C12H15N3O3/c1-2-10(16)5-6-14-11-7-9(8-13)3-4-12(11)15(17)18/h3-4,7,10,14,16H,2,5-6H2,1H3. The molecule has 0 saturated heterocycles. The van der Waals surface area contributed by atoms with Gasteiger partial charge in [-0.25, -0.2) is 0 Å². The van der Waals surface area contributed by atoms with Crippen LogP contribution in [0.2, 0.25) is 0 Å². The number of nitrogens with one attached hydrogen (secondary N) is 1. The highest BCUT2D eigenvalue weighted by atomic mass is 16.6. The van der Waals surface area contributed by atoms with Crippen LogP contribution >= 0.6 is 0 Å². The fourth-order valence-corrected chi connectivity index (χ4v) is 1.48. The van der Waals surface area contributed by atoms with E-state index in [1.807, 2.05) is 13.0 Å². The Labute approximate surface area is 105 Å². The third kappa shape index (κ3) is 3.71. The Morgan fingerprint density at radius 2 is 2.33 bits per heavy atom. The Kier molecular flexibility index (Phi) is 5.08. The van der Waals surface area contributed by atoms with E-state index in [1.165, 1.54) is 18.2 Å². The molecule has 0 aromatic heterocycles. The number of aliphatic hydroxyl groups is 1. The molecule has 0 fully saturated rings. The summed E-state index contributed by atoms with van der Waals surface area (Å²) in [6.07, 6.45) is 0.725. The van der Waals surface area contributed by atoms with Crippen LogP contribution < -0.4 is 5.32 Å². The van der Waals surface area contributed by atoms with Gasteiger partial charge >= 0.3 is 0 Å². The predicted molar refractivity (Wildman–Crippen MR) is 67.2 cm³/mol. The highest BCUT2D eigenvalue weighted by molar-refractivity contribution is 5.64. The summed E-state index contributed by atoms with van der Waals surface area (Å²) in [6, 6.07) is 6.08. The quantitative estimate of drug-likeness (QED) is 0.593. The Morgan fingerprint density at radius 3 is 2.89 bits per heavy atom. The topological polar surface area (TPSA) is 99.2 Å². The molecule has 6 nitrogen and oxygen atoms in total. The van der Waals surface area contributed by atoms with Crippen molar-refractivity contribution in [1.29, 1.82) is 5.26 Å². The smallest absolute Gasteiger partial charge is 0.292 e. The number of aliphatic hydroxyl groups excluding tert-OH is 1. The number of benzene rings is 1. The second kappa shape index (κ2) is 6.57. The number of nitro benzene ring substituents is 1. The summed E-state index contributed by atoms with van der Waals surface area (Å²) in [5.74, 6) is 0. The van der Waals surface area contributed by atoms with Crippen molar-refractivity contribution in [3.8, 4) is 6.07 Å². The number of hydrogen-bond acceptors (Lipinski definition) is 5. The van der Waals surface area contributed by atoms with Gasteiger partial charge in [-0.05, 0) is 25.0 Å². The maximum Gasteiger partial charge on any atom is 0.292 e. The molecule has 0 aliphatic rings. The van der Waals surface area contributed by atoms with Gasteiger partial charge in [0.2, 0.25) is 0 Å². The molecule has 0 bridgehead atoms. The largest absolute Gasteiger partial charge is 0.393 e. The third-order valence-corrected chi connectivity index (χ3v) is 2.59. The molecule has 0 heterocycles.